The van der Waals surface area contributed by atoms with Gasteiger partial charge in [0.1, 0.15) is 6.10 Å². The molecule has 1 heterocycles. The predicted octanol–water partition coefficient (Wildman–Crippen LogP) is -0.684. The third kappa shape index (κ3) is 1.94. The first-order valence-electron chi connectivity index (χ1n) is 3.49. The minimum absolute atomic E-state index is 0.186. The lowest BCUT2D eigenvalue weighted by Gasteiger charge is -2.29. The van der Waals surface area contributed by atoms with Gasteiger partial charge in [0.25, 0.3) is 0 Å². The normalized spacial score (nSPS) is 24.7. The summed E-state index contributed by atoms with van der Waals surface area (Å²) in [4.78, 5) is 12.0. The molecule has 0 aromatic heterocycles. The van der Waals surface area contributed by atoms with Gasteiger partial charge < -0.3 is 15.4 Å². The van der Waals surface area contributed by atoms with Crippen LogP contribution in [0, 0.1) is 0 Å². The third-order valence-corrected chi connectivity index (χ3v) is 1.66. The predicted molar refractivity (Wildman–Crippen MR) is 40.7 cm³/mol. The van der Waals surface area contributed by atoms with Crippen LogP contribution in [0.1, 0.15) is 0 Å². The van der Waals surface area contributed by atoms with E-state index in [-0.39, 0.29) is 6.10 Å². The highest BCUT2D eigenvalue weighted by Crippen LogP contribution is 2.06. The number of carbonyl (C=O) groups excluding carboxylic acids is 1. The van der Waals surface area contributed by atoms with Crippen molar-refractivity contribution >= 4 is 6.41 Å². The van der Waals surface area contributed by atoms with Crippen LogP contribution in [0.3, 0.4) is 0 Å². The molecule has 4 heteroatoms. The van der Waals surface area contributed by atoms with Gasteiger partial charge in [0.15, 0.2) is 0 Å². The topological polar surface area (TPSA) is 55.6 Å². The maximum Gasteiger partial charge on any atom is 0.209 e. The van der Waals surface area contributed by atoms with Crippen LogP contribution in [-0.2, 0) is 9.53 Å². The minimum Gasteiger partial charge on any atom is -0.400 e. The standard InChI is InChI=1S/C7H12N2O2/c1-6(8)7-4-9(5-10)2-3-11-7/h5,7H,1-4,8H2/t7-/m0/s1. The molecule has 0 spiro atoms. The zero-order valence-electron chi connectivity index (χ0n) is 6.32. The summed E-state index contributed by atoms with van der Waals surface area (Å²) in [5.74, 6) is 0. The van der Waals surface area contributed by atoms with Crippen LogP contribution in [0.4, 0.5) is 0 Å². The van der Waals surface area contributed by atoms with E-state index >= 15 is 0 Å². The van der Waals surface area contributed by atoms with E-state index in [4.69, 9.17) is 10.5 Å². The molecule has 1 fully saturated rings. The van der Waals surface area contributed by atoms with Gasteiger partial charge in [-0.25, -0.2) is 0 Å². The van der Waals surface area contributed by atoms with Crippen molar-refractivity contribution in [2.24, 2.45) is 5.73 Å². The Balaban J connectivity index is 2.45. The van der Waals surface area contributed by atoms with Gasteiger partial charge in [0.05, 0.1) is 13.2 Å². The second kappa shape index (κ2) is 3.39. The van der Waals surface area contributed by atoms with E-state index in [1.54, 1.807) is 4.90 Å². The van der Waals surface area contributed by atoms with Gasteiger partial charge in [-0.3, -0.25) is 4.79 Å². The second-order valence-corrected chi connectivity index (χ2v) is 2.53. The Morgan fingerprint density at radius 2 is 2.55 bits per heavy atom. The van der Waals surface area contributed by atoms with Crippen LogP contribution in [0.2, 0.25) is 0 Å². The molecular formula is C7H12N2O2. The average Bonchev–Trinajstić information content (AvgIpc) is 2.05. The number of ether oxygens (including phenoxy) is 1. The SMILES string of the molecule is C=C(N)[C@@H]1CN(C=O)CCO1. The molecule has 1 aliphatic heterocycles. The summed E-state index contributed by atoms with van der Waals surface area (Å²) in [7, 11) is 0. The molecule has 0 aliphatic carbocycles. The molecule has 4 nitrogen and oxygen atoms in total. The first-order chi connectivity index (χ1) is 5.24. The Labute approximate surface area is 65.6 Å². The zero-order valence-corrected chi connectivity index (χ0v) is 6.32. The first-order valence-corrected chi connectivity index (χ1v) is 3.49. The van der Waals surface area contributed by atoms with Gasteiger partial charge in [-0.1, -0.05) is 6.58 Å². The van der Waals surface area contributed by atoms with Gasteiger partial charge in [-0.05, 0) is 0 Å². The molecule has 2 N–H and O–H groups in total. The highest BCUT2D eigenvalue weighted by Gasteiger charge is 2.19. The van der Waals surface area contributed by atoms with Crippen LogP contribution >= 0.6 is 0 Å². The fourth-order valence-electron chi connectivity index (χ4n) is 0.989. The summed E-state index contributed by atoms with van der Waals surface area (Å²) >= 11 is 0. The molecule has 1 saturated heterocycles. The molecule has 0 bridgehead atoms. The number of carbonyl (C=O) groups is 1. The number of amides is 1. The summed E-state index contributed by atoms with van der Waals surface area (Å²) in [6, 6.07) is 0. The fraction of sp³-hybridized carbons (Fsp3) is 0.571. The van der Waals surface area contributed by atoms with Crippen LogP contribution in [0.5, 0.6) is 0 Å². The highest BCUT2D eigenvalue weighted by atomic mass is 16.5. The van der Waals surface area contributed by atoms with Crippen LogP contribution < -0.4 is 5.73 Å². The van der Waals surface area contributed by atoms with E-state index in [0.717, 1.165) is 6.41 Å². The number of nitrogens with zero attached hydrogens (tertiary/aromatic N) is 1. The third-order valence-electron chi connectivity index (χ3n) is 1.66. The fourth-order valence-corrected chi connectivity index (χ4v) is 0.989. The van der Waals surface area contributed by atoms with Crippen LogP contribution in [0.15, 0.2) is 12.3 Å². The van der Waals surface area contributed by atoms with Crippen LogP contribution in [-0.4, -0.2) is 37.1 Å². The summed E-state index contributed by atoms with van der Waals surface area (Å²) in [6.07, 6.45) is 0.618. The number of morpholine rings is 1. The smallest absolute Gasteiger partial charge is 0.209 e. The number of nitrogens with two attached hydrogens (primary N) is 1. The molecule has 1 atom stereocenters. The molecule has 1 aliphatic rings. The largest absolute Gasteiger partial charge is 0.400 e. The Morgan fingerprint density at radius 3 is 3.09 bits per heavy atom. The van der Waals surface area contributed by atoms with Crippen LogP contribution in [0.25, 0.3) is 0 Å². The van der Waals surface area contributed by atoms with E-state index in [2.05, 4.69) is 6.58 Å². The molecule has 1 amide bonds. The van der Waals surface area contributed by atoms with Gasteiger partial charge in [0, 0.05) is 12.2 Å². The Hall–Kier alpha value is -1.03. The van der Waals surface area contributed by atoms with E-state index in [1.807, 2.05) is 0 Å². The maximum atomic E-state index is 10.3. The molecule has 62 valence electrons. The van der Waals surface area contributed by atoms with Gasteiger partial charge in [-0.15, -0.1) is 0 Å². The average molecular weight is 156 g/mol. The van der Waals surface area contributed by atoms with E-state index in [1.165, 1.54) is 0 Å². The number of rotatable bonds is 2. The molecule has 11 heavy (non-hydrogen) atoms. The Kier molecular flexibility index (Phi) is 2.48. The van der Waals surface area contributed by atoms with Crippen molar-refractivity contribution in [2.45, 2.75) is 6.10 Å². The number of hydrogen-bond donors (Lipinski definition) is 1. The van der Waals surface area contributed by atoms with Crippen molar-refractivity contribution in [3.63, 3.8) is 0 Å². The molecule has 0 aromatic rings. The Bertz CT molecular complexity index is 170. The van der Waals surface area contributed by atoms with Crippen molar-refractivity contribution < 1.29 is 9.53 Å². The highest BCUT2D eigenvalue weighted by molar-refractivity contribution is 5.47. The van der Waals surface area contributed by atoms with Crippen molar-refractivity contribution in [1.29, 1.82) is 0 Å². The van der Waals surface area contributed by atoms with Crippen molar-refractivity contribution in [3.05, 3.63) is 12.3 Å². The Morgan fingerprint density at radius 1 is 1.82 bits per heavy atom. The molecule has 0 radical (unpaired) electrons. The lowest BCUT2D eigenvalue weighted by Crippen LogP contribution is -2.43. The van der Waals surface area contributed by atoms with Crippen molar-refractivity contribution in [2.75, 3.05) is 19.7 Å². The second-order valence-electron chi connectivity index (χ2n) is 2.53. The summed E-state index contributed by atoms with van der Waals surface area (Å²) < 4.78 is 5.25. The molecule has 0 saturated carbocycles. The van der Waals surface area contributed by atoms with Crippen molar-refractivity contribution in [1.82, 2.24) is 4.90 Å². The van der Waals surface area contributed by atoms with Gasteiger partial charge >= 0.3 is 0 Å². The van der Waals surface area contributed by atoms with E-state index in [9.17, 15) is 4.79 Å². The maximum absolute atomic E-state index is 10.3. The summed E-state index contributed by atoms with van der Waals surface area (Å²) in [5.41, 5.74) is 5.90. The number of hydrogen-bond acceptors (Lipinski definition) is 3. The molecule has 0 aromatic carbocycles. The van der Waals surface area contributed by atoms with E-state index in [0.29, 0.717) is 25.4 Å². The van der Waals surface area contributed by atoms with Crippen molar-refractivity contribution in [3.8, 4) is 0 Å². The quantitative estimate of drug-likeness (QED) is 0.539. The van der Waals surface area contributed by atoms with Gasteiger partial charge in [0.2, 0.25) is 6.41 Å². The minimum atomic E-state index is -0.186. The zero-order chi connectivity index (χ0) is 8.27. The first kappa shape index (κ1) is 8.07. The summed E-state index contributed by atoms with van der Waals surface area (Å²) in [6.45, 7) is 5.27. The summed E-state index contributed by atoms with van der Waals surface area (Å²) in [5, 5.41) is 0. The van der Waals surface area contributed by atoms with Gasteiger partial charge in [-0.2, -0.15) is 0 Å². The lowest BCUT2D eigenvalue weighted by atomic mass is 10.2. The molecule has 1 rings (SSSR count). The van der Waals surface area contributed by atoms with E-state index < -0.39 is 0 Å². The molecular weight excluding hydrogens is 144 g/mol. The monoisotopic (exact) mass is 156 g/mol. The molecule has 0 unspecified atom stereocenters. The lowest BCUT2D eigenvalue weighted by molar-refractivity contribution is -0.124.